The van der Waals surface area contributed by atoms with Crippen molar-refractivity contribution in [1.29, 1.82) is 0 Å². The summed E-state index contributed by atoms with van der Waals surface area (Å²) in [5.74, 6) is -1.96. The lowest BCUT2D eigenvalue weighted by Gasteiger charge is -2.13. The number of thiophene rings is 1. The van der Waals surface area contributed by atoms with E-state index in [2.05, 4.69) is 10.3 Å². The van der Waals surface area contributed by atoms with Crippen molar-refractivity contribution in [2.75, 3.05) is 5.32 Å². The Balaban J connectivity index is 1.49. The van der Waals surface area contributed by atoms with Crippen molar-refractivity contribution >= 4 is 97.1 Å². The fraction of sp³-hybridized carbons (Fsp3) is 0.0741. The monoisotopic (exact) mass is 707 g/mol. The van der Waals surface area contributed by atoms with E-state index in [-0.39, 0.29) is 75.3 Å². The number of fused-ring (bicyclic) bond motifs is 1. The third-order valence-electron chi connectivity index (χ3n) is 5.91. The molecule has 0 aliphatic rings. The minimum Gasteiger partial charge on any atom is -0.482 e. The summed E-state index contributed by atoms with van der Waals surface area (Å²) in [5.41, 5.74) is 4.73. The normalized spacial score (nSPS) is 11.6. The van der Waals surface area contributed by atoms with E-state index >= 15 is 0 Å². The Morgan fingerprint density at radius 3 is 2.19 bits per heavy atom. The predicted molar refractivity (Wildman–Crippen MR) is 161 cm³/mol. The van der Waals surface area contributed by atoms with Gasteiger partial charge in [-0.1, -0.05) is 88.3 Å². The number of pyridine rings is 1. The summed E-state index contributed by atoms with van der Waals surface area (Å²) in [7, 11) is 0. The molecular formula is C27H13Cl5F3N3O4S. The van der Waals surface area contributed by atoms with E-state index in [1.54, 1.807) is 30.3 Å². The van der Waals surface area contributed by atoms with E-state index in [0.717, 1.165) is 6.07 Å². The molecule has 0 aliphatic heterocycles. The first-order valence-electron chi connectivity index (χ1n) is 11.7. The van der Waals surface area contributed by atoms with Crippen molar-refractivity contribution in [3.63, 3.8) is 0 Å². The number of nitrogens with zero attached hydrogens (tertiary/aromatic N) is 1. The van der Waals surface area contributed by atoms with Gasteiger partial charge in [-0.2, -0.15) is 13.2 Å². The highest BCUT2D eigenvalue weighted by molar-refractivity contribution is 7.21. The van der Waals surface area contributed by atoms with Crippen molar-refractivity contribution in [3.8, 4) is 16.9 Å². The van der Waals surface area contributed by atoms with E-state index in [9.17, 15) is 22.8 Å². The second-order valence-corrected chi connectivity index (χ2v) is 11.6. The second-order valence-electron chi connectivity index (χ2n) is 8.68. The SMILES string of the molecule is NC(=O)c1sc2nc(C(F)(F)F)cc(-c3ccccc3)c2c1NC(=O)c1ccc(COc2c(Cl)c(Cl)c(Cl)c(Cl)c2Cl)o1. The van der Waals surface area contributed by atoms with Gasteiger partial charge in [-0.3, -0.25) is 9.59 Å². The molecule has 16 heteroatoms. The van der Waals surface area contributed by atoms with Crippen LogP contribution in [0.1, 0.15) is 31.7 Å². The molecule has 3 aromatic heterocycles. The quantitative estimate of drug-likeness (QED) is 0.129. The Morgan fingerprint density at radius 1 is 0.953 bits per heavy atom. The number of halogens is 8. The molecule has 3 N–H and O–H groups in total. The molecule has 2 amide bonds. The molecule has 0 saturated carbocycles. The highest BCUT2D eigenvalue weighted by Gasteiger charge is 2.35. The number of furan rings is 1. The van der Waals surface area contributed by atoms with Crippen LogP contribution >= 0.6 is 69.3 Å². The van der Waals surface area contributed by atoms with E-state index in [1.807, 2.05) is 0 Å². The average molecular weight is 710 g/mol. The molecule has 0 bridgehead atoms. The number of hydrogen-bond acceptors (Lipinski definition) is 6. The Bertz CT molecular complexity index is 1880. The number of anilines is 1. The summed E-state index contributed by atoms with van der Waals surface area (Å²) >= 11 is 31.1. The largest absolute Gasteiger partial charge is 0.482 e. The molecule has 0 spiro atoms. The lowest BCUT2D eigenvalue weighted by Crippen LogP contribution is -2.16. The second kappa shape index (κ2) is 12.1. The van der Waals surface area contributed by atoms with Gasteiger partial charge in [0.25, 0.3) is 11.8 Å². The van der Waals surface area contributed by atoms with Gasteiger partial charge in [0.15, 0.2) is 11.5 Å². The van der Waals surface area contributed by atoms with Crippen LogP contribution in [0.4, 0.5) is 18.9 Å². The lowest BCUT2D eigenvalue weighted by molar-refractivity contribution is -0.140. The molecule has 0 atom stereocenters. The van der Waals surface area contributed by atoms with E-state index in [0.29, 0.717) is 16.9 Å². The number of hydrogen-bond donors (Lipinski definition) is 2. The maximum Gasteiger partial charge on any atom is 0.433 e. The van der Waals surface area contributed by atoms with Crippen LogP contribution in [0.3, 0.4) is 0 Å². The molecule has 5 aromatic rings. The molecule has 0 aliphatic carbocycles. The van der Waals surface area contributed by atoms with Gasteiger partial charge in [0.1, 0.15) is 37.8 Å². The van der Waals surface area contributed by atoms with Crippen molar-refractivity contribution in [2.45, 2.75) is 12.8 Å². The number of carbonyl (C=O) groups is 2. The predicted octanol–water partition coefficient (Wildman–Crippen LogP) is 9.77. The number of alkyl halides is 3. The first kappa shape index (κ1) is 31.2. The average Bonchev–Trinajstić information content (AvgIpc) is 3.60. The van der Waals surface area contributed by atoms with Crippen LogP contribution in [-0.4, -0.2) is 16.8 Å². The first-order valence-corrected chi connectivity index (χ1v) is 14.4. The highest BCUT2D eigenvalue weighted by Crippen LogP contribution is 2.48. The Labute approximate surface area is 269 Å². The van der Waals surface area contributed by atoms with Gasteiger partial charge < -0.3 is 20.2 Å². The molecule has 3 heterocycles. The van der Waals surface area contributed by atoms with Crippen LogP contribution in [0.5, 0.6) is 5.75 Å². The molecule has 43 heavy (non-hydrogen) atoms. The van der Waals surface area contributed by atoms with Gasteiger partial charge in [0.05, 0.1) is 20.8 Å². The summed E-state index contributed by atoms with van der Waals surface area (Å²) in [6, 6.07) is 11.7. The van der Waals surface area contributed by atoms with Crippen LogP contribution in [-0.2, 0) is 12.8 Å². The Morgan fingerprint density at radius 2 is 1.58 bits per heavy atom. The summed E-state index contributed by atoms with van der Waals surface area (Å²) in [4.78, 5) is 28.9. The Kier molecular flexibility index (Phi) is 8.77. The minimum absolute atomic E-state index is 0.0563. The zero-order chi connectivity index (χ0) is 31.2. The molecular weight excluding hydrogens is 697 g/mol. The van der Waals surface area contributed by atoms with Gasteiger partial charge in [0, 0.05) is 5.39 Å². The Hall–Kier alpha value is -3.19. The van der Waals surface area contributed by atoms with Crippen LogP contribution in [0.15, 0.2) is 52.9 Å². The van der Waals surface area contributed by atoms with E-state index in [1.165, 1.54) is 12.1 Å². The van der Waals surface area contributed by atoms with Crippen molar-refractivity contribution < 1.29 is 31.9 Å². The number of ether oxygens (including phenoxy) is 1. The highest BCUT2D eigenvalue weighted by atomic mass is 35.5. The summed E-state index contributed by atoms with van der Waals surface area (Å²) in [6.07, 6.45) is -4.78. The van der Waals surface area contributed by atoms with Crippen LogP contribution < -0.4 is 15.8 Å². The molecule has 0 unspecified atom stereocenters. The topological polar surface area (TPSA) is 107 Å². The molecule has 0 saturated heterocycles. The molecule has 2 aromatic carbocycles. The smallest absolute Gasteiger partial charge is 0.433 e. The number of nitrogens with two attached hydrogens (primary N) is 1. The molecule has 7 nitrogen and oxygen atoms in total. The number of amides is 2. The first-order chi connectivity index (χ1) is 20.3. The van der Waals surface area contributed by atoms with Crippen molar-refractivity contribution in [2.24, 2.45) is 5.73 Å². The van der Waals surface area contributed by atoms with Crippen LogP contribution in [0.25, 0.3) is 21.3 Å². The van der Waals surface area contributed by atoms with Gasteiger partial charge in [0.2, 0.25) is 0 Å². The van der Waals surface area contributed by atoms with E-state index < -0.39 is 23.7 Å². The maximum absolute atomic E-state index is 13.7. The molecule has 5 rings (SSSR count). The maximum atomic E-state index is 13.7. The standard InChI is InChI=1S/C27H13Cl5F3N3O4S/c28-16-17(29)19(31)22(20(32)18(16)30)41-9-11-6-7-13(42-11)25(40)38-21-15-12(10-4-2-1-3-5-10)8-14(27(33,34)35)37-26(15)43-23(21)24(36)39/h1-8H,9H2,(H2,36,39)(H,38,40). The number of carbonyl (C=O) groups excluding carboxylic acids is 2. The van der Waals surface area contributed by atoms with Gasteiger partial charge in [-0.05, 0) is 29.3 Å². The summed E-state index contributed by atoms with van der Waals surface area (Å²) in [5, 5.41) is 2.25. The zero-order valence-electron chi connectivity index (χ0n) is 20.9. The molecule has 0 radical (unpaired) electrons. The van der Waals surface area contributed by atoms with Crippen molar-refractivity contribution in [1.82, 2.24) is 4.98 Å². The van der Waals surface area contributed by atoms with Gasteiger partial charge in [-0.15, -0.1) is 11.3 Å². The fourth-order valence-electron chi connectivity index (χ4n) is 3.99. The fourth-order valence-corrected chi connectivity index (χ4v) is 6.23. The summed E-state index contributed by atoms with van der Waals surface area (Å²) < 4.78 is 52.3. The number of benzene rings is 2. The molecule has 0 fully saturated rings. The third kappa shape index (κ3) is 6.11. The van der Waals surface area contributed by atoms with Crippen LogP contribution in [0.2, 0.25) is 25.1 Å². The number of nitrogens with one attached hydrogen (secondary N) is 1. The number of rotatable bonds is 7. The van der Waals surface area contributed by atoms with Crippen LogP contribution in [0, 0.1) is 0 Å². The molecule has 222 valence electrons. The lowest BCUT2D eigenvalue weighted by atomic mass is 10.0. The van der Waals surface area contributed by atoms with Crippen molar-refractivity contribution in [3.05, 3.63) is 95.7 Å². The van der Waals surface area contributed by atoms with Gasteiger partial charge in [-0.25, -0.2) is 4.98 Å². The summed E-state index contributed by atoms with van der Waals surface area (Å²) in [6.45, 7) is -0.267. The zero-order valence-corrected chi connectivity index (χ0v) is 25.5. The third-order valence-corrected chi connectivity index (χ3v) is 9.25. The number of primary amides is 1. The van der Waals surface area contributed by atoms with E-state index in [4.69, 9.17) is 72.9 Å². The van der Waals surface area contributed by atoms with Gasteiger partial charge >= 0.3 is 6.18 Å². The minimum atomic E-state index is -4.78. The number of aromatic nitrogens is 1.